The zero-order valence-electron chi connectivity index (χ0n) is 9.78. The Labute approximate surface area is 100 Å². The van der Waals surface area contributed by atoms with E-state index < -0.39 is 0 Å². The molecule has 1 atom stereocenters. The number of hydrogen-bond acceptors (Lipinski definition) is 3. The van der Waals surface area contributed by atoms with Crippen LogP contribution in [0.15, 0.2) is 24.3 Å². The lowest BCUT2D eigenvalue weighted by molar-refractivity contribution is 0.185. The molecule has 0 amide bonds. The molecule has 4 nitrogen and oxygen atoms in total. The molecule has 1 aromatic carbocycles. The Morgan fingerprint density at radius 2 is 2.35 bits per heavy atom. The highest BCUT2D eigenvalue weighted by Crippen LogP contribution is 2.17. The van der Waals surface area contributed by atoms with Crippen molar-refractivity contribution in [2.75, 3.05) is 25.1 Å². The van der Waals surface area contributed by atoms with Gasteiger partial charge in [0.05, 0.1) is 11.0 Å². The van der Waals surface area contributed by atoms with E-state index in [1.54, 1.807) is 0 Å². The standard InChI is InChI=1S/C13H17N3O/c1-2-4-12-11(3-1)15-13(16-12)14-7-5-10-6-8-17-9-10/h1-4,10H,5-9H2,(H2,14,15,16). The smallest absolute Gasteiger partial charge is 0.201 e. The van der Waals surface area contributed by atoms with E-state index in [2.05, 4.69) is 15.3 Å². The summed E-state index contributed by atoms with van der Waals surface area (Å²) in [7, 11) is 0. The second-order valence-electron chi connectivity index (χ2n) is 4.55. The van der Waals surface area contributed by atoms with E-state index in [0.717, 1.165) is 43.2 Å². The van der Waals surface area contributed by atoms with E-state index in [1.165, 1.54) is 6.42 Å². The minimum Gasteiger partial charge on any atom is -0.381 e. The van der Waals surface area contributed by atoms with Gasteiger partial charge in [-0.2, -0.15) is 0 Å². The number of nitrogens with zero attached hydrogens (tertiary/aromatic N) is 1. The van der Waals surface area contributed by atoms with Crippen molar-refractivity contribution in [3.8, 4) is 0 Å². The zero-order valence-corrected chi connectivity index (χ0v) is 9.78. The largest absolute Gasteiger partial charge is 0.381 e. The maximum Gasteiger partial charge on any atom is 0.201 e. The minimum absolute atomic E-state index is 0.715. The van der Waals surface area contributed by atoms with Crippen molar-refractivity contribution in [1.82, 2.24) is 9.97 Å². The molecule has 1 saturated heterocycles. The lowest BCUT2D eigenvalue weighted by atomic mass is 10.1. The molecule has 4 heteroatoms. The van der Waals surface area contributed by atoms with Gasteiger partial charge in [0.1, 0.15) is 0 Å². The second kappa shape index (κ2) is 4.75. The van der Waals surface area contributed by atoms with Crippen molar-refractivity contribution in [1.29, 1.82) is 0 Å². The predicted octanol–water partition coefficient (Wildman–Crippen LogP) is 2.40. The summed E-state index contributed by atoms with van der Waals surface area (Å²) in [5, 5.41) is 3.34. The Morgan fingerprint density at radius 3 is 3.18 bits per heavy atom. The third-order valence-electron chi connectivity index (χ3n) is 3.26. The molecule has 0 spiro atoms. The van der Waals surface area contributed by atoms with Crippen LogP contribution in [0.4, 0.5) is 5.95 Å². The molecule has 1 aliphatic heterocycles. The number of benzene rings is 1. The van der Waals surface area contributed by atoms with Crippen molar-refractivity contribution >= 4 is 17.0 Å². The van der Waals surface area contributed by atoms with Crippen LogP contribution in [0.5, 0.6) is 0 Å². The Hall–Kier alpha value is -1.55. The molecule has 2 N–H and O–H groups in total. The van der Waals surface area contributed by atoms with E-state index in [1.807, 2.05) is 24.3 Å². The molecular weight excluding hydrogens is 214 g/mol. The molecule has 3 rings (SSSR count). The van der Waals surface area contributed by atoms with Crippen LogP contribution in [0.2, 0.25) is 0 Å². The van der Waals surface area contributed by atoms with Crippen molar-refractivity contribution < 1.29 is 4.74 Å². The van der Waals surface area contributed by atoms with E-state index in [9.17, 15) is 0 Å². The Bertz CT molecular complexity index is 455. The van der Waals surface area contributed by atoms with Gasteiger partial charge in [-0.05, 0) is 30.9 Å². The first-order chi connectivity index (χ1) is 8.42. The topological polar surface area (TPSA) is 49.9 Å². The summed E-state index contributed by atoms with van der Waals surface area (Å²) in [5.41, 5.74) is 2.10. The fourth-order valence-corrected chi connectivity index (χ4v) is 2.24. The monoisotopic (exact) mass is 231 g/mol. The number of rotatable bonds is 4. The number of nitrogens with one attached hydrogen (secondary N) is 2. The molecule has 0 bridgehead atoms. The van der Waals surface area contributed by atoms with Crippen LogP contribution in [-0.4, -0.2) is 29.7 Å². The van der Waals surface area contributed by atoms with Crippen molar-refractivity contribution in [2.45, 2.75) is 12.8 Å². The maximum atomic E-state index is 5.36. The van der Waals surface area contributed by atoms with Gasteiger partial charge in [-0.25, -0.2) is 4.98 Å². The molecule has 1 aromatic heterocycles. The van der Waals surface area contributed by atoms with Crippen molar-refractivity contribution in [3.63, 3.8) is 0 Å². The third-order valence-corrected chi connectivity index (χ3v) is 3.26. The van der Waals surface area contributed by atoms with Gasteiger partial charge in [0, 0.05) is 19.8 Å². The number of H-pyrrole nitrogens is 1. The van der Waals surface area contributed by atoms with E-state index in [-0.39, 0.29) is 0 Å². The van der Waals surface area contributed by atoms with Gasteiger partial charge in [-0.1, -0.05) is 12.1 Å². The molecule has 1 aliphatic rings. The molecule has 0 radical (unpaired) electrons. The number of aromatic nitrogens is 2. The number of ether oxygens (including phenoxy) is 1. The summed E-state index contributed by atoms with van der Waals surface area (Å²) >= 11 is 0. The van der Waals surface area contributed by atoms with Crippen LogP contribution in [0.3, 0.4) is 0 Å². The molecule has 0 aliphatic carbocycles. The summed E-state index contributed by atoms with van der Waals surface area (Å²) in [4.78, 5) is 7.75. The van der Waals surface area contributed by atoms with Gasteiger partial charge in [-0.3, -0.25) is 0 Å². The highest BCUT2D eigenvalue weighted by molar-refractivity contribution is 5.77. The van der Waals surface area contributed by atoms with Gasteiger partial charge in [0.2, 0.25) is 5.95 Å². The van der Waals surface area contributed by atoms with Gasteiger partial charge < -0.3 is 15.0 Å². The highest BCUT2D eigenvalue weighted by Gasteiger charge is 2.14. The summed E-state index contributed by atoms with van der Waals surface area (Å²) in [6, 6.07) is 8.07. The van der Waals surface area contributed by atoms with Crippen molar-refractivity contribution in [3.05, 3.63) is 24.3 Å². The highest BCUT2D eigenvalue weighted by atomic mass is 16.5. The summed E-state index contributed by atoms with van der Waals surface area (Å²) in [5.74, 6) is 1.58. The van der Waals surface area contributed by atoms with E-state index >= 15 is 0 Å². The summed E-state index contributed by atoms with van der Waals surface area (Å²) in [6.07, 6.45) is 2.35. The van der Waals surface area contributed by atoms with Crippen LogP contribution >= 0.6 is 0 Å². The molecule has 1 unspecified atom stereocenters. The predicted molar refractivity (Wildman–Crippen MR) is 68.1 cm³/mol. The van der Waals surface area contributed by atoms with Gasteiger partial charge in [0.25, 0.3) is 0 Å². The van der Waals surface area contributed by atoms with E-state index in [0.29, 0.717) is 5.92 Å². The number of imidazole rings is 1. The second-order valence-corrected chi connectivity index (χ2v) is 4.55. The van der Waals surface area contributed by atoms with Crippen LogP contribution in [-0.2, 0) is 4.74 Å². The first-order valence-electron chi connectivity index (χ1n) is 6.18. The molecule has 1 fully saturated rings. The summed E-state index contributed by atoms with van der Waals surface area (Å²) in [6.45, 7) is 2.80. The van der Waals surface area contributed by atoms with Gasteiger partial charge in [-0.15, -0.1) is 0 Å². The van der Waals surface area contributed by atoms with Crippen LogP contribution in [0.1, 0.15) is 12.8 Å². The molecule has 0 saturated carbocycles. The molecule has 17 heavy (non-hydrogen) atoms. The first kappa shape index (κ1) is 10.6. The van der Waals surface area contributed by atoms with Crippen LogP contribution in [0.25, 0.3) is 11.0 Å². The minimum atomic E-state index is 0.715. The number of hydrogen-bond donors (Lipinski definition) is 2. The van der Waals surface area contributed by atoms with E-state index in [4.69, 9.17) is 4.74 Å². The third kappa shape index (κ3) is 2.42. The lowest BCUT2D eigenvalue weighted by Crippen LogP contribution is -2.09. The van der Waals surface area contributed by atoms with Gasteiger partial charge >= 0.3 is 0 Å². The van der Waals surface area contributed by atoms with Crippen LogP contribution < -0.4 is 5.32 Å². The van der Waals surface area contributed by atoms with Gasteiger partial charge in [0.15, 0.2) is 0 Å². The van der Waals surface area contributed by atoms with Crippen molar-refractivity contribution in [2.24, 2.45) is 5.92 Å². The molecule has 90 valence electrons. The number of aromatic amines is 1. The fraction of sp³-hybridized carbons (Fsp3) is 0.462. The SMILES string of the molecule is c1ccc2[nH]c(NCCC3CCOC3)nc2c1. The Kier molecular flexibility index (Phi) is 2.96. The summed E-state index contributed by atoms with van der Waals surface area (Å²) < 4.78 is 5.36. The fourth-order valence-electron chi connectivity index (χ4n) is 2.24. The first-order valence-corrected chi connectivity index (χ1v) is 6.18. The molecule has 2 heterocycles. The number of fused-ring (bicyclic) bond motifs is 1. The quantitative estimate of drug-likeness (QED) is 0.849. The average molecular weight is 231 g/mol. The number of para-hydroxylation sites is 2. The Balaban J connectivity index is 1.57. The lowest BCUT2D eigenvalue weighted by Gasteiger charge is -2.07. The average Bonchev–Trinajstić information content (AvgIpc) is 2.96. The normalized spacial score (nSPS) is 19.9. The Morgan fingerprint density at radius 1 is 1.41 bits per heavy atom. The van der Waals surface area contributed by atoms with Crippen LogP contribution in [0, 0.1) is 5.92 Å². The zero-order chi connectivity index (χ0) is 11.5. The molecular formula is C13H17N3O. The maximum absolute atomic E-state index is 5.36. The molecule has 2 aromatic rings. The number of anilines is 1.